The highest BCUT2D eigenvalue weighted by atomic mass is 16.3. The zero-order chi connectivity index (χ0) is 35.1. The van der Waals surface area contributed by atoms with Gasteiger partial charge in [0.25, 0.3) is 0 Å². The number of benzene rings is 7. The number of nitrogens with zero attached hydrogens (tertiary/aromatic N) is 3. The maximum absolute atomic E-state index is 6.66. The molecule has 11 rings (SSSR count). The number of anilines is 2. The Bertz CT molecular complexity index is 2980. The van der Waals surface area contributed by atoms with E-state index in [0.29, 0.717) is 5.95 Å². The Kier molecular flexibility index (Phi) is 6.41. The van der Waals surface area contributed by atoms with Crippen LogP contribution in [0.5, 0.6) is 0 Å². The summed E-state index contributed by atoms with van der Waals surface area (Å²) in [5, 5.41) is 5.76. The van der Waals surface area contributed by atoms with Crippen LogP contribution in [0.1, 0.15) is 12.5 Å². The summed E-state index contributed by atoms with van der Waals surface area (Å²) in [5.41, 5.74) is 11.4. The second-order valence-corrected chi connectivity index (χ2v) is 14.4. The van der Waals surface area contributed by atoms with Crippen molar-refractivity contribution in [2.45, 2.75) is 18.4 Å². The SMILES string of the molecule is CC12C=CC=CC1N(c1nc(-c3ccc(-c4ccccc4)cc3)c3ccccc3n1)c1ccc(-c3cccc4c3oc3ccc5ccccc5c34)cc12. The molecule has 4 heteroatoms. The van der Waals surface area contributed by atoms with Gasteiger partial charge in [-0.25, -0.2) is 9.97 Å². The van der Waals surface area contributed by atoms with Crippen LogP contribution >= 0.6 is 0 Å². The zero-order valence-corrected chi connectivity index (χ0v) is 29.1. The number of para-hydroxylation sites is 2. The Hall–Kier alpha value is -6.78. The average molecular weight is 680 g/mol. The minimum Gasteiger partial charge on any atom is -0.455 e. The van der Waals surface area contributed by atoms with Crippen molar-refractivity contribution in [2.24, 2.45) is 0 Å². The van der Waals surface area contributed by atoms with Gasteiger partial charge in [0.2, 0.25) is 5.95 Å². The molecule has 2 aliphatic rings. The molecule has 1 aliphatic carbocycles. The first-order valence-electron chi connectivity index (χ1n) is 18.2. The lowest BCUT2D eigenvalue weighted by Gasteiger charge is -2.33. The van der Waals surface area contributed by atoms with Gasteiger partial charge in [-0.05, 0) is 64.2 Å². The van der Waals surface area contributed by atoms with Crippen LogP contribution in [0, 0.1) is 0 Å². The lowest BCUT2D eigenvalue weighted by molar-refractivity contribution is 0.547. The molecule has 0 radical (unpaired) electrons. The predicted molar refractivity (Wildman–Crippen MR) is 219 cm³/mol. The van der Waals surface area contributed by atoms with E-state index in [1.54, 1.807) is 0 Å². The van der Waals surface area contributed by atoms with Crippen LogP contribution in [0.25, 0.3) is 77.1 Å². The molecule has 0 N–H and O–H groups in total. The summed E-state index contributed by atoms with van der Waals surface area (Å²) in [6.07, 6.45) is 8.94. The standard InChI is InChI=1S/C49H33N3O/c1-49-29-10-9-20-44(49)52(48-50-41-19-8-7-16-38(41)46(51-48)34-23-21-32(22-24-34)31-12-3-2-4-13-31)42-27-25-35(30-40(42)49)37-17-11-18-39-45-36-15-6-5-14-33(36)26-28-43(45)53-47(37)39/h2-30,44H,1H3. The maximum Gasteiger partial charge on any atom is 0.231 e. The van der Waals surface area contributed by atoms with Crippen molar-refractivity contribution in [3.63, 3.8) is 0 Å². The number of fused-ring (bicyclic) bond motifs is 9. The quantitative estimate of drug-likeness (QED) is 0.186. The molecule has 2 aromatic heterocycles. The van der Waals surface area contributed by atoms with Gasteiger partial charge in [0.05, 0.1) is 17.3 Å². The van der Waals surface area contributed by atoms with Crippen molar-refractivity contribution in [3.05, 3.63) is 182 Å². The summed E-state index contributed by atoms with van der Waals surface area (Å²) in [4.78, 5) is 13.0. The molecule has 0 fully saturated rings. The van der Waals surface area contributed by atoms with Crippen LogP contribution in [-0.4, -0.2) is 16.0 Å². The van der Waals surface area contributed by atoms with Gasteiger partial charge in [-0.15, -0.1) is 0 Å². The Labute approximate surface area is 307 Å². The number of rotatable bonds is 4. The number of hydrogen-bond acceptors (Lipinski definition) is 4. The third-order valence-electron chi connectivity index (χ3n) is 11.3. The summed E-state index contributed by atoms with van der Waals surface area (Å²) in [7, 11) is 0. The molecular weight excluding hydrogens is 647 g/mol. The van der Waals surface area contributed by atoms with Gasteiger partial charge in [-0.1, -0.05) is 152 Å². The minimum atomic E-state index is -0.301. The molecule has 0 bridgehead atoms. The van der Waals surface area contributed by atoms with Crippen LogP contribution < -0.4 is 4.90 Å². The van der Waals surface area contributed by atoms with E-state index in [1.165, 1.54) is 32.8 Å². The molecule has 1 aliphatic heterocycles. The van der Waals surface area contributed by atoms with Crippen molar-refractivity contribution in [1.82, 2.24) is 9.97 Å². The van der Waals surface area contributed by atoms with Gasteiger partial charge in [0.1, 0.15) is 11.2 Å². The third-order valence-corrected chi connectivity index (χ3v) is 11.3. The normalized spacial score (nSPS) is 17.6. The van der Waals surface area contributed by atoms with Crippen LogP contribution in [0.2, 0.25) is 0 Å². The van der Waals surface area contributed by atoms with E-state index in [1.807, 2.05) is 0 Å². The lowest BCUT2D eigenvalue weighted by atomic mass is 9.75. The summed E-state index contributed by atoms with van der Waals surface area (Å²) in [6, 6.07) is 53.7. The van der Waals surface area contributed by atoms with Gasteiger partial charge >= 0.3 is 0 Å². The Morgan fingerprint density at radius 3 is 2.23 bits per heavy atom. The third kappa shape index (κ3) is 4.49. The molecule has 4 nitrogen and oxygen atoms in total. The first-order valence-corrected chi connectivity index (χ1v) is 18.2. The highest BCUT2D eigenvalue weighted by Gasteiger charge is 2.47. The van der Waals surface area contributed by atoms with Crippen molar-refractivity contribution in [3.8, 4) is 33.5 Å². The van der Waals surface area contributed by atoms with Crippen LogP contribution in [0.4, 0.5) is 11.6 Å². The van der Waals surface area contributed by atoms with Crippen molar-refractivity contribution >= 4 is 55.2 Å². The van der Waals surface area contributed by atoms with Gasteiger partial charge < -0.3 is 9.32 Å². The van der Waals surface area contributed by atoms with Gasteiger partial charge in [-0.2, -0.15) is 0 Å². The van der Waals surface area contributed by atoms with Crippen LogP contribution in [0.15, 0.2) is 180 Å². The van der Waals surface area contributed by atoms with Crippen LogP contribution in [0.3, 0.4) is 0 Å². The molecule has 7 aromatic carbocycles. The van der Waals surface area contributed by atoms with E-state index in [4.69, 9.17) is 14.4 Å². The van der Waals surface area contributed by atoms with Gasteiger partial charge in [0, 0.05) is 38.4 Å². The minimum absolute atomic E-state index is 0.000534. The van der Waals surface area contributed by atoms with E-state index >= 15 is 0 Å². The van der Waals surface area contributed by atoms with E-state index < -0.39 is 0 Å². The highest BCUT2D eigenvalue weighted by Crippen LogP contribution is 2.52. The van der Waals surface area contributed by atoms with Gasteiger partial charge in [-0.3, -0.25) is 0 Å². The number of allylic oxidation sites excluding steroid dienone is 2. The topological polar surface area (TPSA) is 42.2 Å². The molecule has 250 valence electrons. The predicted octanol–water partition coefficient (Wildman–Crippen LogP) is 12.6. The monoisotopic (exact) mass is 679 g/mol. The number of hydrogen-bond donors (Lipinski definition) is 0. The summed E-state index contributed by atoms with van der Waals surface area (Å²) in [5.74, 6) is 0.694. The molecule has 53 heavy (non-hydrogen) atoms. The number of aromatic nitrogens is 2. The smallest absolute Gasteiger partial charge is 0.231 e. The largest absolute Gasteiger partial charge is 0.455 e. The van der Waals surface area contributed by atoms with E-state index in [9.17, 15) is 0 Å². The summed E-state index contributed by atoms with van der Waals surface area (Å²) < 4.78 is 6.66. The Morgan fingerprint density at radius 1 is 0.604 bits per heavy atom. The summed E-state index contributed by atoms with van der Waals surface area (Å²) >= 11 is 0. The lowest BCUT2D eigenvalue weighted by Crippen LogP contribution is -2.39. The molecule has 2 unspecified atom stereocenters. The van der Waals surface area contributed by atoms with E-state index in [0.717, 1.165) is 55.5 Å². The van der Waals surface area contributed by atoms with Crippen LogP contribution in [-0.2, 0) is 5.41 Å². The summed E-state index contributed by atoms with van der Waals surface area (Å²) in [6.45, 7) is 2.33. The molecule has 3 heterocycles. The molecule has 0 saturated heterocycles. The van der Waals surface area contributed by atoms with Gasteiger partial charge in [0.15, 0.2) is 0 Å². The first kappa shape index (κ1) is 29.9. The second kappa shape index (κ2) is 11.4. The fourth-order valence-electron chi connectivity index (χ4n) is 8.69. The Morgan fingerprint density at radius 2 is 1.34 bits per heavy atom. The second-order valence-electron chi connectivity index (χ2n) is 14.4. The van der Waals surface area contributed by atoms with Crippen molar-refractivity contribution < 1.29 is 4.42 Å². The van der Waals surface area contributed by atoms with E-state index in [2.05, 4.69) is 188 Å². The average Bonchev–Trinajstić information content (AvgIpc) is 3.74. The first-order chi connectivity index (χ1) is 26.1. The number of furan rings is 1. The maximum atomic E-state index is 6.66. The fraction of sp³-hybridized carbons (Fsp3) is 0.0612. The zero-order valence-electron chi connectivity index (χ0n) is 29.1. The van der Waals surface area contributed by atoms with E-state index in [-0.39, 0.29) is 11.5 Å². The molecule has 2 atom stereocenters. The highest BCUT2D eigenvalue weighted by molar-refractivity contribution is 6.20. The molecule has 9 aromatic rings. The molecule has 0 amide bonds. The van der Waals surface area contributed by atoms with Crippen molar-refractivity contribution in [2.75, 3.05) is 4.90 Å². The molecule has 0 saturated carbocycles. The molecule has 0 spiro atoms. The molecular formula is C49H33N3O. The Balaban J connectivity index is 1.07. The fourth-order valence-corrected chi connectivity index (χ4v) is 8.69. The van der Waals surface area contributed by atoms with Crippen molar-refractivity contribution in [1.29, 1.82) is 0 Å².